The van der Waals surface area contributed by atoms with Gasteiger partial charge in [-0.15, -0.1) is 0 Å². The fourth-order valence-electron chi connectivity index (χ4n) is 3.57. The zero-order valence-electron chi connectivity index (χ0n) is 13.8. The Hall–Kier alpha value is -2.95. The summed E-state index contributed by atoms with van der Waals surface area (Å²) in [5, 5.41) is 7.83. The smallest absolute Gasteiger partial charge is 0.242 e. The summed E-state index contributed by atoms with van der Waals surface area (Å²) in [5.74, 6) is -0.0944. The van der Waals surface area contributed by atoms with E-state index in [4.69, 9.17) is 0 Å². The van der Waals surface area contributed by atoms with Gasteiger partial charge in [0, 0.05) is 5.39 Å². The highest BCUT2D eigenvalue weighted by atomic mass is 16.2. The van der Waals surface area contributed by atoms with Crippen LogP contribution in [-0.4, -0.2) is 15.7 Å². The largest absolute Gasteiger partial charge is 0.348 e. The minimum absolute atomic E-state index is 0.0445. The topological polar surface area (TPSA) is 64.0 Å². The number of hydrogen-bond acceptors (Lipinski definition) is 3. The highest BCUT2D eigenvalue weighted by molar-refractivity contribution is 5.81. The number of amides is 1. The number of carbonyl (C=O) groups excluding carboxylic acids is 1. The Morgan fingerprint density at radius 3 is 2.88 bits per heavy atom. The van der Waals surface area contributed by atoms with Gasteiger partial charge < -0.3 is 5.32 Å². The van der Waals surface area contributed by atoms with E-state index in [0.29, 0.717) is 10.9 Å². The molecule has 1 N–H and O–H groups in total. The number of rotatable bonds is 3. The van der Waals surface area contributed by atoms with E-state index >= 15 is 0 Å². The molecule has 0 spiro atoms. The van der Waals surface area contributed by atoms with Gasteiger partial charge in [-0.3, -0.25) is 14.3 Å². The zero-order valence-corrected chi connectivity index (χ0v) is 13.8. The van der Waals surface area contributed by atoms with Crippen molar-refractivity contribution in [3.63, 3.8) is 0 Å². The number of nitrogens with one attached hydrogen (secondary N) is 1. The Kier molecular flexibility index (Phi) is 4.06. The average molecular weight is 333 g/mol. The molecule has 5 heteroatoms. The number of aromatic nitrogens is 2. The van der Waals surface area contributed by atoms with Crippen LogP contribution >= 0.6 is 0 Å². The molecule has 0 unspecified atom stereocenters. The molecule has 1 aliphatic rings. The van der Waals surface area contributed by atoms with E-state index in [-0.39, 0.29) is 23.9 Å². The highest BCUT2D eigenvalue weighted by Gasteiger charge is 2.21. The maximum absolute atomic E-state index is 12.6. The zero-order chi connectivity index (χ0) is 17.2. The van der Waals surface area contributed by atoms with Gasteiger partial charge >= 0.3 is 0 Å². The van der Waals surface area contributed by atoms with Gasteiger partial charge in [-0.1, -0.05) is 36.4 Å². The van der Waals surface area contributed by atoms with Gasteiger partial charge in [0.15, 0.2) is 0 Å². The quantitative estimate of drug-likeness (QED) is 0.801. The summed E-state index contributed by atoms with van der Waals surface area (Å²) in [6.07, 6.45) is 4.35. The van der Waals surface area contributed by atoms with Gasteiger partial charge in [0.25, 0.3) is 0 Å². The summed E-state index contributed by atoms with van der Waals surface area (Å²) in [7, 11) is 0. The molecule has 5 nitrogen and oxygen atoms in total. The molecule has 0 bridgehead atoms. The molecule has 1 aliphatic carbocycles. The lowest BCUT2D eigenvalue weighted by molar-refractivity contribution is -0.122. The van der Waals surface area contributed by atoms with Gasteiger partial charge in [-0.2, -0.15) is 5.10 Å². The molecular weight excluding hydrogens is 314 g/mol. The SMILES string of the molecule is O=C(Cn1ncc(=O)c2ccccc21)N[C@H]1CCCc2ccccc21. The second kappa shape index (κ2) is 6.51. The molecule has 0 saturated carbocycles. The van der Waals surface area contributed by atoms with Gasteiger partial charge in [0.2, 0.25) is 11.3 Å². The number of carbonyl (C=O) groups is 1. The standard InChI is InChI=1S/C20H19N3O2/c24-19-12-21-23(18-11-4-3-9-16(18)19)13-20(25)22-17-10-5-7-14-6-1-2-8-15(14)17/h1-4,6,8-9,11-12,17H,5,7,10,13H2,(H,22,25)/t17-/m0/s1. The number of fused-ring (bicyclic) bond motifs is 2. The summed E-state index contributed by atoms with van der Waals surface area (Å²) >= 11 is 0. The van der Waals surface area contributed by atoms with E-state index < -0.39 is 0 Å². The van der Waals surface area contributed by atoms with Crippen LogP contribution in [0, 0.1) is 0 Å². The molecule has 0 aliphatic heterocycles. The van der Waals surface area contributed by atoms with E-state index in [9.17, 15) is 9.59 Å². The summed E-state index contributed by atoms with van der Waals surface area (Å²) < 4.78 is 1.58. The Balaban J connectivity index is 1.56. The monoisotopic (exact) mass is 333 g/mol. The summed E-state index contributed by atoms with van der Waals surface area (Å²) in [5.41, 5.74) is 3.06. The molecule has 1 amide bonds. The van der Waals surface area contributed by atoms with Crippen molar-refractivity contribution in [1.82, 2.24) is 15.1 Å². The average Bonchev–Trinajstić information content (AvgIpc) is 2.65. The van der Waals surface area contributed by atoms with Crippen molar-refractivity contribution in [1.29, 1.82) is 0 Å². The van der Waals surface area contributed by atoms with E-state index in [1.807, 2.05) is 30.3 Å². The Labute approximate surface area is 145 Å². The van der Waals surface area contributed by atoms with Crippen LogP contribution in [0.15, 0.2) is 59.5 Å². The van der Waals surface area contributed by atoms with E-state index in [1.165, 1.54) is 17.3 Å². The lowest BCUT2D eigenvalue weighted by Crippen LogP contribution is -2.34. The molecular formula is C20H19N3O2. The number of benzene rings is 2. The van der Waals surface area contributed by atoms with Gasteiger partial charge in [-0.25, -0.2) is 0 Å². The number of para-hydroxylation sites is 1. The maximum atomic E-state index is 12.6. The molecule has 4 rings (SSSR count). The van der Waals surface area contributed by atoms with Crippen molar-refractivity contribution < 1.29 is 4.79 Å². The van der Waals surface area contributed by atoms with Gasteiger partial charge in [-0.05, 0) is 42.5 Å². The van der Waals surface area contributed by atoms with Crippen molar-refractivity contribution in [3.05, 3.63) is 76.1 Å². The van der Waals surface area contributed by atoms with Crippen molar-refractivity contribution in [2.75, 3.05) is 0 Å². The Morgan fingerprint density at radius 1 is 1.16 bits per heavy atom. The van der Waals surface area contributed by atoms with Crippen LogP contribution in [0.1, 0.15) is 30.0 Å². The Bertz CT molecular complexity index is 993. The van der Waals surface area contributed by atoms with Crippen LogP contribution in [0.4, 0.5) is 0 Å². The van der Waals surface area contributed by atoms with E-state index in [2.05, 4.69) is 22.5 Å². The molecule has 0 fully saturated rings. The van der Waals surface area contributed by atoms with Crippen LogP contribution in [0.2, 0.25) is 0 Å². The predicted octanol–water partition coefficient (Wildman–Crippen LogP) is 2.59. The highest BCUT2D eigenvalue weighted by Crippen LogP contribution is 2.29. The number of hydrogen-bond donors (Lipinski definition) is 1. The third-order valence-electron chi connectivity index (χ3n) is 4.76. The molecule has 0 saturated heterocycles. The molecule has 0 radical (unpaired) electrons. The molecule has 1 aromatic heterocycles. The van der Waals surface area contributed by atoms with E-state index in [1.54, 1.807) is 10.7 Å². The van der Waals surface area contributed by atoms with E-state index in [0.717, 1.165) is 19.3 Å². The Morgan fingerprint density at radius 2 is 1.96 bits per heavy atom. The third kappa shape index (κ3) is 3.05. The molecule has 1 atom stereocenters. The third-order valence-corrected chi connectivity index (χ3v) is 4.76. The van der Waals surface area contributed by atoms with Crippen LogP contribution in [-0.2, 0) is 17.8 Å². The first-order chi connectivity index (χ1) is 12.2. The maximum Gasteiger partial charge on any atom is 0.242 e. The summed E-state index contributed by atoms with van der Waals surface area (Å²) in [6, 6.07) is 15.5. The van der Waals surface area contributed by atoms with Gasteiger partial charge in [0.05, 0.1) is 17.8 Å². The van der Waals surface area contributed by atoms with Crippen molar-refractivity contribution in [3.8, 4) is 0 Å². The van der Waals surface area contributed by atoms with Crippen LogP contribution in [0.5, 0.6) is 0 Å². The summed E-state index contributed by atoms with van der Waals surface area (Å²) in [4.78, 5) is 24.5. The minimum atomic E-state index is -0.131. The molecule has 1 heterocycles. The van der Waals surface area contributed by atoms with Crippen molar-refractivity contribution in [2.45, 2.75) is 31.8 Å². The first-order valence-corrected chi connectivity index (χ1v) is 8.54. The van der Waals surface area contributed by atoms with Crippen LogP contribution < -0.4 is 10.7 Å². The molecule has 3 aromatic rings. The summed E-state index contributed by atoms with van der Waals surface area (Å²) in [6.45, 7) is 0.0967. The predicted molar refractivity (Wildman–Crippen MR) is 96.3 cm³/mol. The first kappa shape index (κ1) is 15.6. The lowest BCUT2D eigenvalue weighted by atomic mass is 9.88. The number of nitrogens with zero attached hydrogens (tertiary/aromatic N) is 2. The fraction of sp³-hybridized carbons (Fsp3) is 0.250. The first-order valence-electron chi connectivity index (χ1n) is 8.54. The van der Waals surface area contributed by atoms with Crippen LogP contribution in [0.25, 0.3) is 10.9 Å². The van der Waals surface area contributed by atoms with Crippen LogP contribution in [0.3, 0.4) is 0 Å². The number of aryl methyl sites for hydroxylation is 1. The molecule has 25 heavy (non-hydrogen) atoms. The second-order valence-corrected chi connectivity index (χ2v) is 6.39. The normalized spacial score (nSPS) is 16.4. The fourth-order valence-corrected chi connectivity index (χ4v) is 3.57. The molecule has 2 aromatic carbocycles. The second-order valence-electron chi connectivity index (χ2n) is 6.39. The minimum Gasteiger partial charge on any atom is -0.348 e. The van der Waals surface area contributed by atoms with Gasteiger partial charge in [0.1, 0.15) is 6.54 Å². The van der Waals surface area contributed by atoms with Crippen molar-refractivity contribution >= 4 is 16.8 Å². The molecule has 126 valence electrons. The lowest BCUT2D eigenvalue weighted by Gasteiger charge is -2.26. The van der Waals surface area contributed by atoms with Crippen molar-refractivity contribution in [2.24, 2.45) is 0 Å².